The van der Waals surface area contributed by atoms with E-state index in [1.807, 2.05) is 19.1 Å². The molecular formula is C10H14N2O2. The highest BCUT2D eigenvalue weighted by Crippen LogP contribution is 2.24. The SMILES string of the molecule is CCOC(O)C1Cc2cccnc2N1. The Labute approximate surface area is 82.9 Å². The molecule has 76 valence electrons. The van der Waals surface area contributed by atoms with E-state index in [0.717, 1.165) is 17.8 Å². The van der Waals surface area contributed by atoms with Crippen molar-refractivity contribution < 1.29 is 9.84 Å². The Morgan fingerprint density at radius 2 is 2.64 bits per heavy atom. The van der Waals surface area contributed by atoms with Crippen LogP contribution >= 0.6 is 0 Å². The molecule has 0 spiro atoms. The average Bonchev–Trinajstić information content (AvgIpc) is 2.61. The standard InChI is InChI=1S/C10H14N2O2/c1-2-14-10(13)8-6-7-4-3-5-11-9(7)12-8/h3-5,8,10,13H,2,6H2,1H3,(H,11,12). The van der Waals surface area contributed by atoms with E-state index in [0.29, 0.717) is 6.61 Å². The Bertz CT molecular complexity index is 292. The van der Waals surface area contributed by atoms with Crippen molar-refractivity contribution >= 4 is 5.82 Å². The molecule has 0 saturated carbocycles. The molecular weight excluding hydrogens is 180 g/mol. The number of hydrogen-bond acceptors (Lipinski definition) is 4. The Balaban J connectivity index is 2.04. The maximum Gasteiger partial charge on any atom is 0.175 e. The fraction of sp³-hybridized carbons (Fsp3) is 0.500. The summed E-state index contributed by atoms with van der Waals surface area (Å²) in [6.45, 7) is 2.38. The highest BCUT2D eigenvalue weighted by atomic mass is 16.6. The zero-order chi connectivity index (χ0) is 9.97. The van der Waals surface area contributed by atoms with Crippen LogP contribution in [0.4, 0.5) is 5.82 Å². The van der Waals surface area contributed by atoms with Gasteiger partial charge in [0.1, 0.15) is 5.82 Å². The molecule has 0 radical (unpaired) electrons. The van der Waals surface area contributed by atoms with Crippen molar-refractivity contribution in [2.24, 2.45) is 0 Å². The number of ether oxygens (including phenoxy) is 1. The van der Waals surface area contributed by atoms with E-state index in [4.69, 9.17) is 4.74 Å². The van der Waals surface area contributed by atoms with Crippen LogP contribution in [0.25, 0.3) is 0 Å². The van der Waals surface area contributed by atoms with E-state index in [9.17, 15) is 5.11 Å². The first-order chi connectivity index (χ1) is 6.81. The van der Waals surface area contributed by atoms with Crippen LogP contribution in [0.15, 0.2) is 18.3 Å². The number of nitrogens with one attached hydrogen (secondary N) is 1. The van der Waals surface area contributed by atoms with Gasteiger partial charge >= 0.3 is 0 Å². The molecule has 2 heterocycles. The lowest BCUT2D eigenvalue weighted by atomic mass is 10.1. The molecule has 1 aliphatic heterocycles. The van der Waals surface area contributed by atoms with E-state index < -0.39 is 6.29 Å². The zero-order valence-corrected chi connectivity index (χ0v) is 8.10. The number of rotatable bonds is 3. The van der Waals surface area contributed by atoms with Crippen molar-refractivity contribution in [3.05, 3.63) is 23.9 Å². The second-order valence-corrected chi connectivity index (χ2v) is 3.31. The van der Waals surface area contributed by atoms with Crippen LogP contribution in [0.2, 0.25) is 0 Å². The lowest BCUT2D eigenvalue weighted by Crippen LogP contribution is -2.33. The van der Waals surface area contributed by atoms with E-state index in [-0.39, 0.29) is 6.04 Å². The third kappa shape index (κ3) is 1.71. The van der Waals surface area contributed by atoms with Crippen molar-refractivity contribution in [3.8, 4) is 0 Å². The van der Waals surface area contributed by atoms with Gasteiger partial charge in [0, 0.05) is 19.2 Å². The monoisotopic (exact) mass is 194 g/mol. The summed E-state index contributed by atoms with van der Waals surface area (Å²) in [6.07, 6.45) is 1.75. The number of fused-ring (bicyclic) bond motifs is 1. The number of aromatic nitrogens is 1. The van der Waals surface area contributed by atoms with E-state index in [2.05, 4.69) is 10.3 Å². The Morgan fingerprint density at radius 3 is 3.36 bits per heavy atom. The van der Waals surface area contributed by atoms with Crippen molar-refractivity contribution in [2.45, 2.75) is 25.7 Å². The molecule has 0 bridgehead atoms. The number of pyridine rings is 1. The molecule has 1 aromatic heterocycles. The summed E-state index contributed by atoms with van der Waals surface area (Å²) in [6, 6.07) is 3.84. The van der Waals surface area contributed by atoms with Gasteiger partial charge in [-0.15, -0.1) is 0 Å². The van der Waals surface area contributed by atoms with Crippen LogP contribution in [0.5, 0.6) is 0 Å². The normalized spacial score (nSPS) is 21.4. The van der Waals surface area contributed by atoms with E-state index in [1.165, 1.54) is 0 Å². The second kappa shape index (κ2) is 3.94. The highest BCUT2D eigenvalue weighted by Gasteiger charge is 2.27. The van der Waals surface area contributed by atoms with Gasteiger partial charge < -0.3 is 15.2 Å². The fourth-order valence-corrected chi connectivity index (χ4v) is 1.66. The van der Waals surface area contributed by atoms with E-state index in [1.54, 1.807) is 6.20 Å². The Kier molecular flexibility index (Phi) is 2.65. The van der Waals surface area contributed by atoms with Crippen LogP contribution in [0.3, 0.4) is 0 Å². The van der Waals surface area contributed by atoms with Crippen LogP contribution in [-0.4, -0.2) is 29.0 Å². The zero-order valence-electron chi connectivity index (χ0n) is 8.10. The molecule has 1 aliphatic rings. The molecule has 0 amide bonds. The molecule has 0 aromatic carbocycles. The van der Waals surface area contributed by atoms with Crippen LogP contribution in [0.1, 0.15) is 12.5 Å². The first-order valence-corrected chi connectivity index (χ1v) is 4.81. The topological polar surface area (TPSA) is 54.4 Å². The molecule has 0 saturated heterocycles. The number of aliphatic hydroxyl groups is 1. The Morgan fingerprint density at radius 1 is 1.79 bits per heavy atom. The molecule has 2 rings (SSSR count). The van der Waals surface area contributed by atoms with Gasteiger partial charge in [-0.1, -0.05) is 6.07 Å². The third-order valence-electron chi connectivity index (χ3n) is 2.33. The third-order valence-corrected chi connectivity index (χ3v) is 2.33. The first-order valence-electron chi connectivity index (χ1n) is 4.81. The van der Waals surface area contributed by atoms with E-state index >= 15 is 0 Å². The number of nitrogens with zero attached hydrogens (tertiary/aromatic N) is 1. The van der Waals surface area contributed by atoms with Gasteiger partial charge in [0.2, 0.25) is 0 Å². The lowest BCUT2D eigenvalue weighted by molar-refractivity contribution is -0.103. The van der Waals surface area contributed by atoms with Crippen molar-refractivity contribution in [3.63, 3.8) is 0 Å². The van der Waals surface area contributed by atoms with Crippen LogP contribution in [-0.2, 0) is 11.2 Å². The predicted molar refractivity (Wildman–Crippen MR) is 53.0 cm³/mol. The summed E-state index contributed by atoms with van der Waals surface area (Å²) in [5, 5.41) is 12.7. The molecule has 1 aromatic rings. The summed E-state index contributed by atoms with van der Waals surface area (Å²) >= 11 is 0. The largest absolute Gasteiger partial charge is 0.366 e. The fourth-order valence-electron chi connectivity index (χ4n) is 1.66. The lowest BCUT2D eigenvalue weighted by Gasteiger charge is -2.17. The molecule has 4 heteroatoms. The minimum atomic E-state index is -0.755. The summed E-state index contributed by atoms with van der Waals surface area (Å²) in [5.41, 5.74) is 1.14. The summed E-state index contributed by atoms with van der Waals surface area (Å²) in [7, 11) is 0. The van der Waals surface area contributed by atoms with Gasteiger partial charge in [-0.2, -0.15) is 0 Å². The summed E-state index contributed by atoms with van der Waals surface area (Å²) in [4.78, 5) is 4.17. The maximum absolute atomic E-state index is 9.61. The van der Waals surface area contributed by atoms with Gasteiger partial charge in [-0.05, 0) is 18.6 Å². The number of anilines is 1. The Hall–Kier alpha value is -1.13. The summed E-state index contributed by atoms with van der Waals surface area (Å²) < 4.78 is 5.12. The molecule has 0 aliphatic carbocycles. The maximum atomic E-state index is 9.61. The average molecular weight is 194 g/mol. The number of hydrogen-bond donors (Lipinski definition) is 2. The second-order valence-electron chi connectivity index (χ2n) is 3.31. The minimum Gasteiger partial charge on any atom is -0.366 e. The molecule has 0 fully saturated rings. The summed E-state index contributed by atoms with van der Waals surface area (Å²) in [5.74, 6) is 0.858. The van der Waals surface area contributed by atoms with Crippen LogP contribution in [0, 0.1) is 0 Å². The number of aliphatic hydroxyl groups excluding tert-OH is 1. The van der Waals surface area contributed by atoms with Gasteiger partial charge in [0.05, 0.1) is 6.04 Å². The quantitative estimate of drug-likeness (QED) is 0.698. The first kappa shape index (κ1) is 9.43. The van der Waals surface area contributed by atoms with Crippen LogP contribution < -0.4 is 5.32 Å². The highest BCUT2D eigenvalue weighted by molar-refractivity contribution is 5.50. The smallest absolute Gasteiger partial charge is 0.175 e. The molecule has 2 N–H and O–H groups in total. The van der Waals surface area contributed by atoms with Crippen molar-refractivity contribution in [2.75, 3.05) is 11.9 Å². The molecule has 4 nitrogen and oxygen atoms in total. The van der Waals surface area contributed by atoms with Gasteiger partial charge in [0.15, 0.2) is 6.29 Å². The van der Waals surface area contributed by atoms with Crippen molar-refractivity contribution in [1.82, 2.24) is 4.98 Å². The molecule has 14 heavy (non-hydrogen) atoms. The van der Waals surface area contributed by atoms with Gasteiger partial charge in [0.25, 0.3) is 0 Å². The predicted octanol–water partition coefficient (Wildman–Crippen LogP) is 0.773. The molecule has 2 atom stereocenters. The van der Waals surface area contributed by atoms with Crippen molar-refractivity contribution in [1.29, 1.82) is 0 Å². The van der Waals surface area contributed by atoms with Gasteiger partial charge in [-0.3, -0.25) is 0 Å². The minimum absolute atomic E-state index is 0.0696. The molecule has 2 unspecified atom stereocenters. The van der Waals surface area contributed by atoms with Gasteiger partial charge in [-0.25, -0.2) is 4.98 Å².